The first-order valence-electron chi connectivity index (χ1n) is 13.6. The molecule has 4 rings (SSSR count). The number of ether oxygens (including phenoxy) is 4. The van der Waals surface area contributed by atoms with Gasteiger partial charge in [-0.05, 0) is 42.8 Å². The fraction of sp³-hybridized carbons (Fsp3) is 0.312. The van der Waals surface area contributed by atoms with Crippen LogP contribution < -0.4 is 25.1 Å². The second-order valence-corrected chi connectivity index (χ2v) is 9.53. The van der Waals surface area contributed by atoms with Crippen molar-refractivity contribution in [2.24, 2.45) is 4.99 Å². The highest BCUT2D eigenvalue weighted by Crippen LogP contribution is 2.33. The van der Waals surface area contributed by atoms with Gasteiger partial charge >= 0.3 is 0 Å². The van der Waals surface area contributed by atoms with Crippen molar-refractivity contribution in [2.75, 3.05) is 27.4 Å². The van der Waals surface area contributed by atoms with E-state index in [0.29, 0.717) is 49.1 Å². The predicted molar refractivity (Wildman–Crippen MR) is 158 cm³/mol. The first-order chi connectivity index (χ1) is 20.0. The molecule has 9 heteroatoms. The van der Waals surface area contributed by atoms with E-state index in [-0.39, 0.29) is 12.5 Å². The van der Waals surface area contributed by atoms with Crippen molar-refractivity contribution in [3.63, 3.8) is 0 Å². The second kappa shape index (κ2) is 14.3. The Bertz CT molecular complexity index is 1340. The standard InChI is InChI=1S/C32H37N3O6/c1-23-32(19-8-12-24-10-5-4-6-11-24,31(37)35-33-22-26-13-7-14-28(38-2)29(26)39-3)34-30(41-23)25-15-17-27(18-16-25)40-21-9-20-36/h4-8,10-18,23,33,36H,9,19-22H2,1-3H3,(H,35,37)/b12-8+/t23-,32-/m0/s1. The minimum atomic E-state index is -1.21. The van der Waals surface area contributed by atoms with Gasteiger partial charge in [-0.15, -0.1) is 0 Å². The molecule has 3 aromatic carbocycles. The van der Waals surface area contributed by atoms with Crippen molar-refractivity contribution in [1.82, 2.24) is 10.9 Å². The number of aliphatic hydroxyl groups excluding tert-OH is 1. The van der Waals surface area contributed by atoms with Gasteiger partial charge in [-0.25, -0.2) is 10.4 Å². The number of methoxy groups -OCH3 is 2. The number of hydrogen-bond acceptors (Lipinski definition) is 8. The molecule has 0 aliphatic carbocycles. The third-order valence-electron chi connectivity index (χ3n) is 6.83. The van der Waals surface area contributed by atoms with Gasteiger partial charge in [0.15, 0.2) is 17.0 Å². The molecule has 216 valence electrons. The van der Waals surface area contributed by atoms with Gasteiger partial charge in [0, 0.05) is 37.1 Å². The Kier molecular flexibility index (Phi) is 10.4. The maximum Gasteiger partial charge on any atom is 0.266 e. The number of amides is 1. The van der Waals surface area contributed by atoms with E-state index in [0.717, 1.165) is 16.7 Å². The largest absolute Gasteiger partial charge is 0.494 e. The molecule has 41 heavy (non-hydrogen) atoms. The monoisotopic (exact) mass is 559 g/mol. The molecule has 9 nitrogen and oxygen atoms in total. The minimum absolute atomic E-state index is 0.0748. The highest BCUT2D eigenvalue weighted by atomic mass is 16.5. The van der Waals surface area contributed by atoms with Crippen molar-refractivity contribution in [3.05, 3.63) is 95.6 Å². The lowest BCUT2D eigenvalue weighted by molar-refractivity contribution is -0.129. The van der Waals surface area contributed by atoms with E-state index in [2.05, 4.69) is 10.9 Å². The Balaban J connectivity index is 1.54. The number of carbonyl (C=O) groups is 1. The summed E-state index contributed by atoms with van der Waals surface area (Å²) in [6.45, 7) is 2.66. The maximum atomic E-state index is 13.8. The van der Waals surface area contributed by atoms with Crippen LogP contribution in [-0.4, -0.2) is 56.0 Å². The normalized spacial score (nSPS) is 18.0. The van der Waals surface area contributed by atoms with Crippen LogP contribution in [0.15, 0.2) is 83.9 Å². The molecule has 1 heterocycles. The lowest BCUT2D eigenvalue weighted by atomic mass is 9.89. The Morgan fingerprint density at radius 3 is 2.54 bits per heavy atom. The van der Waals surface area contributed by atoms with E-state index in [1.165, 1.54) is 0 Å². The molecule has 1 aliphatic rings. The smallest absolute Gasteiger partial charge is 0.266 e. The van der Waals surface area contributed by atoms with Crippen LogP contribution in [-0.2, 0) is 16.1 Å². The lowest BCUT2D eigenvalue weighted by Gasteiger charge is -2.27. The number of hydrazine groups is 1. The number of aliphatic hydroxyl groups is 1. The molecular weight excluding hydrogens is 522 g/mol. The summed E-state index contributed by atoms with van der Waals surface area (Å²) in [5.41, 5.74) is 7.26. The average molecular weight is 560 g/mol. The fourth-order valence-electron chi connectivity index (χ4n) is 4.54. The summed E-state index contributed by atoms with van der Waals surface area (Å²) >= 11 is 0. The lowest BCUT2D eigenvalue weighted by Crippen LogP contribution is -2.54. The zero-order valence-corrected chi connectivity index (χ0v) is 23.6. The molecule has 0 aromatic heterocycles. The van der Waals surface area contributed by atoms with Gasteiger partial charge in [-0.2, -0.15) is 0 Å². The van der Waals surface area contributed by atoms with Crippen molar-refractivity contribution < 1.29 is 28.8 Å². The number of hydrogen-bond donors (Lipinski definition) is 3. The van der Waals surface area contributed by atoms with E-state index in [9.17, 15) is 4.79 Å². The molecule has 0 bridgehead atoms. The van der Waals surface area contributed by atoms with Gasteiger partial charge in [-0.3, -0.25) is 10.2 Å². The van der Waals surface area contributed by atoms with Crippen molar-refractivity contribution in [1.29, 1.82) is 0 Å². The third kappa shape index (κ3) is 7.25. The van der Waals surface area contributed by atoms with E-state index < -0.39 is 11.6 Å². The second-order valence-electron chi connectivity index (χ2n) is 9.53. The topological polar surface area (TPSA) is 111 Å². The van der Waals surface area contributed by atoms with Crippen LogP contribution in [0.3, 0.4) is 0 Å². The van der Waals surface area contributed by atoms with E-state index in [1.807, 2.05) is 91.9 Å². The molecule has 0 saturated carbocycles. The Hall–Kier alpha value is -4.34. The van der Waals surface area contributed by atoms with Gasteiger partial charge in [0.2, 0.25) is 5.90 Å². The van der Waals surface area contributed by atoms with Crippen LogP contribution in [0.25, 0.3) is 6.08 Å². The van der Waals surface area contributed by atoms with Crippen molar-refractivity contribution in [2.45, 2.75) is 38.0 Å². The molecule has 0 fully saturated rings. The molecule has 3 aromatic rings. The fourth-order valence-corrected chi connectivity index (χ4v) is 4.54. The minimum Gasteiger partial charge on any atom is -0.494 e. The van der Waals surface area contributed by atoms with Crippen LogP contribution in [0.4, 0.5) is 0 Å². The Morgan fingerprint density at radius 1 is 1.05 bits per heavy atom. The summed E-state index contributed by atoms with van der Waals surface area (Å²) < 4.78 is 22.7. The predicted octanol–water partition coefficient (Wildman–Crippen LogP) is 4.29. The van der Waals surface area contributed by atoms with Crippen LogP contribution in [0.2, 0.25) is 0 Å². The number of benzene rings is 3. The Morgan fingerprint density at radius 2 is 1.83 bits per heavy atom. The Labute approximate surface area is 240 Å². The molecule has 0 spiro atoms. The molecule has 0 radical (unpaired) electrons. The van der Waals surface area contributed by atoms with Gasteiger partial charge in [-0.1, -0.05) is 54.6 Å². The van der Waals surface area contributed by atoms with Gasteiger partial charge < -0.3 is 24.1 Å². The molecule has 1 amide bonds. The van der Waals surface area contributed by atoms with Crippen LogP contribution in [0, 0.1) is 0 Å². The summed E-state index contributed by atoms with van der Waals surface area (Å²) in [6, 6.07) is 22.8. The van der Waals surface area contributed by atoms with Crippen LogP contribution >= 0.6 is 0 Å². The number of nitrogens with one attached hydrogen (secondary N) is 2. The number of rotatable bonds is 14. The summed E-state index contributed by atoms with van der Waals surface area (Å²) in [5.74, 6) is 1.96. The van der Waals surface area contributed by atoms with Crippen molar-refractivity contribution in [3.8, 4) is 17.2 Å². The molecule has 3 N–H and O–H groups in total. The zero-order valence-electron chi connectivity index (χ0n) is 23.6. The number of nitrogens with zero attached hydrogens (tertiary/aromatic N) is 1. The molecule has 0 saturated heterocycles. The van der Waals surface area contributed by atoms with Crippen LogP contribution in [0.5, 0.6) is 17.2 Å². The average Bonchev–Trinajstić information content (AvgIpc) is 3.34. The summed E-state index contributed by atoms with van der Waals surface area (Å²) in [6.07, 6.45) is 4.27. The molecular formula is C32H37N3O6. The first kappa shape index (κ1) is 29.6. The van der Waals surface area contributed by atoms with Gasteiger partial charge in [0.05, 0.1) is 20.8 Å². The number of aliphatic imine (C=N–C) groups is 1. The van der Waals surface area contributed by atoms with E-state index in [1.54, 1.807) is 14.2 Å². The number of carbonyl (C=O) groups excluding carboxylic acids is 1. The summed E-state index contributed by atoms with van der Waals surface area (Å²) in [4.78, 5) is 18.6. The van der Waals surface area contributed by atoms with Gasteiger partial charge in [0.25, 0.3) is 5.91 Å². The highest BCUT2D eigenvalue weighted by Gasteiger charge is 2.49. The van der Waals surface area contributed by atoms with Crippen LogP contribution in [0.1, 0.15) is 36.5 Å². The maximum absolute atomic E-state index is 13.8. The first-order valence-corrected chi connectivity index (χ1v) is 13.6. The molecule has 0 unspecified atom stereocenters. The highest BCUT2D eigenvalue weighted by molar-refractivity contribution is 6.00. The SMILES string of the molecule is COc1cccc(CNNC(=O)[C@@]2(C/C=C/c3ccccc3)N=C(c3ccc(OCCCO)cc3)O[C@H]2C)c1OC. The third-order valence-corrected chi connectivity index (χ3v) is 6.83. The molecule has 2 atom stereocenters. The van der Waals surface area contributed by atoms with E-state index >= 15 is 0 Å². The van der Waals surface area contributed by atoms with E-state index in [4.69, 9.17) is 29.0 Å². The summed E-state index contributed by atoms with van der Waals surface area (Å²) in [7, 11) is 3.16. The zero-order chi connectivity index (χ0) is 29.1. The van der Waals surface area contributed by atoms with Crippen molar-refractivity contribution >= 4 is 17.9 Å². The quantitative estimate of drug-likeness (QED) is 0.200. The molecule has 1 aliphatic heterocycles. The number of para-hydroxylation sites is 1. The van der Waals surface area contributed by atoms with Gasteiger partial charge in [0.1, 0.15) is 11.9 Å². The summed E-state index contributed by atoms with van der Waals surface area (Å²) in [5, 5.41) is 8.97.